The summed E-state index contributed by atoms with van der Waals surface area (Å²) in [7, 11) is 2.02. The van der Waals surface area contributed by atoms with E-state index in [1.54, 1.807) is 6.26 Å². The summed E-state index contributed by atoms with van der Waals surface area (Å²) in [6.07, 6.45) is 3.93. The lowest BCUT2D eigenvalue weighted by molar-refractivity contribution is 0.439. The Bertz CT molecular complexity index is 539. The maximum absolute atomic E-state index is 5.29. The maximum Gasteiger partial charge on any atom is 0.245 e. The summed E-state index contributed by atoms with van der Waals surface area (Å²) in [5.41, 5.74) is 0.976. The summed E-state index contributed by atoms with van der Waals surface area (Å²) in [4.78, 5) is 6.79. The van der Waals surface area contributed by atoms with Crippen LogP contribution in [0.2, 0.25) is 0 Å². The molecule has 0 radical (unpaired) electrons. The summed E-state index contributed by atoms with van der Waals surface area (Å²) in [6.45, 7) is 3.91. The van der Waals surface area contributed by atoms with Gasteiger partial charge in [-0.25, -0.2) is 0 Å². The molecule has 0 aromatic carbocycles. The van der Waals surface area contributed by atoms with Gasteiger partial charge in [0.25, 0.3) is 0 Å². The first-order valence-electron chi connectivity index (χ1n) is 6.67. The molecule has 1 fully saturated rings. The van der Waals surface area contributed by atoms with Gasteiger partial charge in [0.05, 0.1) is 11.8 Å². The average Bonchev–Trinajstić information content (AvgIpc) is 3.07. The number of aromatic amines is 1. The fourth-order valence-electron chi connectivity index (χ4n) is 2.51. The zero-order valence-corrected chi connectivity index (χ0v) is 11.3. The lowest BCUT2D eigenvalue weighted by Gasteiger charge is -2.30. The Morgan fingerprint density at radius 1 is 1.42 bits per heavy atom. The summed E-state index contributed by atoms with van der Waals surface area (Å²) in [6, 6.07) is 2.53. The molecule has 1 aliphatic heterocycles. The third-order valence-electron chi connectivity index (χ3n) is 3.77. The Labute approximate surface area is 112 Å². The summed E-state index contributed by atoms with van der Waals surface area (Å²) in [5, 5.41) is 10.6. The number of aromatic nitrogens is 3. The molecule has 0 atom stereocenters. The van der Waals surface area contributed by atoms with Crippen LogP contribution in [0.25, 0.3) is 11.4 Å². The lowest BCUT2D eigenvalue weighted by Crippen LogP contribution is -2.41. The number of H-pyrrole nitrogens is 1. The van der Waals surface area contributed by atoms with E-state index in [-0.39, 0.29) is 0 Å². The van der Waals surface area contributed by atoms with Gasteiger partial charge >= 0.3 is 0 Å². The van der Waals surface area contributed by atoms with Gasteiger partial charge in [-0.1, -0.05) is 0 Å². The summed E-state index contributed by atoms with van der Waals surface area (Å²) < 4.78 is 5.29. The molecule has 0 saturated carbocycles. The maximum atomic E-state index is 5.29. The third-order valence-corrected chi connectivity index (χ3v) is 3.77. The normalized spacial score (nSPS) is 17.1. The van der Waals surface area contributed by atoms with Gasteiger partial charge in [-0.3, -0.25) is 5.10 Å². The first-order chi connectivity index (χ1) is 9.28. The molecule has 2 aromatic heterocycles. The molecule has 6 heteroatoms. The van der Waals surface area contributed by atoms with Crippen LogP contribution < -0.4 is 10.2 Å². The Morgan fingerprint density at radius 3 is 2.84 bits per heavy atom. The van der Waals surface area contributed by atoms with Gasteiger partial charge in [0, 0.05) is 19.1 Å². The molecule has 0 amide bonds. The van der Waals surface area contributed by atoms with Gasteiger partial charge in [-0.05, 0) is 32.9 Å². The molecule has 0 aliphatic carbocycles. The fraction of sp³-hybridized carbons (Fsp3) is 0.538. The van der Waals surface area contributed by atoms with Crippen LogP contribution >= 0.6 is 0 Å². The number of aryl methyl sites for hydroxylation is 1. The quantitative estimate of drug-likeness (QED) is 0.877. The zero-order valence-electron chi connectivity index (χ0n) is 11.3. The minimum atomic E-state index is 0.616. The Hall–Kier alpha value is -1.82. The first-order valence-corrected chi connectivity index (χ1v) is 6.67. The highest BCUT2D eigenvalue weighted by Crippen LogP contribution is 2.23. The second kappa shape index (κ2) is 5.05. The molecule has 6 nitrogen and oxygen atoms in total. The van der Waals surface area contributed by atoms with E-state index >= 15 is 0 Å². The number of nitrogens with one attached hydrogen (secondary N) is 2. The van der Waals surface area contributed by atoms with Crippen molar-refractivity contribution in [3.8, 4) is 11.4 Å². The van der Waals surface area contributed by atoms with Crippen LogP contribution in [0.1, 0.15) is 18.6 Å². The fourth-order valence-corrected chi connectivity index (χ4v) is 2.51. The van der Waals surface area contributed by atoms with Crippen LogP contribution in [-0.4, -0.2) is 41.4 Å². The molecule has 3 heterocycles. The number of hydrogen-bond acceptors (Lipinski definition) is 5. The molecule has 2 aromatic rings. The molecule has 19 heavy (non-hydrogen) atoms. The van der Waals surface area contributed by atoms with Crippen molar-refractivity contribution in [3.63, 3.8) is 0 Å². The van der Waals surface area contributed by atoms with Crippen LogP contribution in [-0.2, 0) is 0 Å². The Morgan fingerprint density at radius 2 is 2.21 bits per heavy atom. The number of nitrogens with zero attached hydrogens (tertiary/aromatic N) is 3. The first kappa shape index (κ1) is 12.2. The summed E-state index contributed by atoms with van der Waals surface area (Å²) >= 11 is 0. The predicted octanol–water partition coefficient (Wildman–Crippen LogP) is 1.56. The van der Waals surface area contributed by atoms with E-state index in [2.05, 4.69) is 25.4 Å². The van der Waals surface area contributed by atoms with Crippen molar-refractivity contribution in [1.82, 2.24) is 20.5 Å². The summed E-state index contributed by atoms with van der Waals surface area (Å²) in [5.74, 6) is 2.42. The number of piperidine rings is 1. The second-order valence-corrected chi connectivity index (χ2v) is 4.92. The monoisotopic (exact) mass is 261 g/mol. The van der Waals surface area contributed by atoms with Crippen molar-refractivity contribution in [3.05, 3.63) is 18.1 Å². The SMILES string of the molecule is CNC1CCN(c2n[nH]c(-c3ccoc3C)n2)CC1. The van der Waals surface area contributed by atoms with Crippen molar-refractivity contribution >= 4 is 5.95 Å². The van der Waals surface area contributed by atoms with Crippen molar-refractivity contribution in [2.75, 3.05) is 25.0 Å². The number of hydrogen-bond donors (Lipinski definition) is 2. The highest BCUT2D eigenvalue weighted by atomic mass is 16.3. The van der Waals surface area contributed by atoms with Crippen LogP contribution in [0, 0.1) is 6.92 Å². The van der Waals surface area contributed by atoms with Crippen LogP contribution in [0.5, 0.6) is 0 Å². The predicted molar refractivity (Wildman–Crippen MR) is 73.1 cm³/mol. The molecule has 3 rings (SSSR count). The smallest absolute Gasteiger partial charge is 0.245 e. The number of rotatable bonds is 3. The van der Waals surface area contributed by atoms with Crippen molar-refractivity contribution in [2.24, 2.45) is 0 Å². The molecule has 0 bridgehead atoms. The van der Waals surface area contributed by atoms with Crippen LogP contribution in [0.3, 0.4) is 0 Å². The number of anilines is 1. The Kier molecular flexibility index (Phi) is 3.25. The molecule has 0 spiro atoms. The highest BCUT2D eigenvalue weighted by molar-refractivity contribution is 5.58. The van der Waals surface area contributed by atoms with E-state index < -0.39 is 0 Å². The average molecular weight is 261 g/mol. The standard InChI is InChI=1S/C13H19N5O/c1-9-11(5-8-19-9)12-15-13(17-16-12)18-6-3-10(14-2)4-7-18/h5,8,10,14H,3-4,6-7H2,1-2H3,(H,15,16,17). The largest absolute Gasteiger partial charge is 0.469 e. The molecular formula is C13H19N5O. The van der Waals surface area contributed by atoms with E-state index in [9.17, 15) is 0 Å². The Balaban J connectivity index is 1.74. The lowest BCUT2D eigenvalue weighted by atomic mass is 10.1. The van der Waals surface area contributed by atoms with Crippen LogP contribution in [0.4, 0.5) is 5.95 Å². The van der Waals surface area contributed by atoms with E-state index in [1.807, 2.05) is 20.0 Å². The van der Waals surface area contributed by atoms with Gasteiger partial charge in [0.15, 0.2) is 5.82 Å². The number of furan rings is 1. The minimum absolute atomic E-state index is 0.616. The molecule has 1 saturated heterocycles. The van der Waals surface area contributed by atoms with Gasteiger partial charge in [0.1, 0.15) is 5.76 Å². The molecule has 2 N–H and O–H groups in total. The molecule has 1 aliphatic rings. The molecule has 0 unspecified atom stereocenters. The topological polar surface area (TPSA) is 70.0 Å². The minimum Gasteiger partial charge on any atom is -0.469 e. The van der Waals surface area contributed by atoms with Crippen molar-refractivity contribution in [2.45, 2.75) is 25.8 Å². The van der Waals surface area contributed by atoms with Gasteiger partial charge in [-0.2, -0.15) is 4.98 Å². The van der Waals surface area contributed by atoms with Gasteiger partial charge in [0.2, 0.25) is 5.95 Å². The third kappa shape index (κ3) is 2.35. The van der Waals surface area contributed by atoms with Gasteiger partial charge in [-0.15, -0.1) is 5.10 Å². The van der Waals surface area contributed by atoms with Crippen molar-refractivity contribution in [1.29, 1.82) is 0 Å². The van der Waals surface area contributed by atoms with E-state index in [0.717, 1.165) is 49.0 Å². The van der Waals surface area contributed by atoms with E-state index in [0.29, 0.717) is 6.04 Å². The van der Waals surface area contributed by atoms with Gasteiger partial charge < -0.3 is 14.6 Å². The molecular weight excluding hydrogens is 242 g/mol. The zero-order chi connectivity index (χ0) is 13.2. The van der Waals surface area contributed by atoms with Crippen LogP contribution in [0.15, 0.2) is 16.7 Å². The highest BCUT2D eigenvalue weighted by Gasteiger charge is 2.21. The second-order valence-electron chi connectivity index (χ2n) is 4.92. The van der Waals surface area contributed by atoms with E-state index in [4.69, 9.17) is 4.42 Å². The molecule has 102 valence electrons. The van der Waals surface area contributed by atoms with Crippen molar-refractivity contribution < 1.29 is 4.42 Å². The van der Waals surface area contributed by atoms with E-state index in [1.165, 1.54) is 0 Å².